The molecule has 0 radical (unpaired) electrons. The van der Waals surface area contributed by atoms with Crippen LogP contribution < -0.4 is 5.32 Å². The maximum absolute atomic E-state index is 13.7. The normalized spacial score (nSPS) is 12.4. The van der Waals surface area contributed by atoms with Crippen LogP contribution in [0.25, 0.3) is 0 Å². The fraction of sp³-hybridized carbons (Fsp3) is 0.143. The maximum atomic E-state index is 13.7. The lowest BCUT2D eigenvalue weighted by atomic mass is 9.98. The van der Waals surface area contributed by atoms with Gasteiger partial charge in [-0.15, -0.1) is 0 Å². The SMILES string of the molecule is CNC(c1ccc(F)cc1)c1c(F)cccc1F. The minimum absolute atomic E-state index is 0.0633. The van der Waals surface area contributed by atoms with Gasteiger partial charge in [0.25, 0.3) is 0 Å². The Hall–Kier alpha value is -1.81. The van der Waals surface area contributed by atoms with Crippen molar-refractivity contribution < 1.29 is 13.2 Å². The number of nitrogens with one attached hydrogen (secondary N) is 1. The van der Waals surface area contributed by atoms with Gasteiger partial charge in [-0.05, 0) is 36.9 Å². The molecule has 18 heavy (non-hydrogen) atoms. The minimum Gasteiger partial charge on any atom is -0.309 e. The van der Waals surface area contributed by atoms with Gasteiger partial charge in [-0.25, -0.2) is 13.2 Å². The van der Waals surface area contributed by atoms with E-state index < -0.39 is 17.7 Å². The minimum atomic E-state index is -0.646. The molecule has 0 aliphatic carbocycles. The molecule has 0 aliphatic heterocycles. The molecular weight excluding hydrogens is 239 g/mol. The first-order valence-electron chi connectivity index (χ1n) is 5.50. The molecule has 0 saturated heterocycles. The van der Waals surface area contributed by atoms with E-state index in [-0.39, 0.29) is 11.4 Å². The Morgan fingerprint density at radius 1 is 0.889 bits per heavy atom. The third-order valence-corrected chi connectivity index (χ3v) is 2.78. The standard InChI is InChI=1S/C14H12F3N/c1-18-14(9-5-7-10(15)8-6-9)13-11(16)3-2-4-12(13)17/h2-8,14,18H,1H3. The van der Waals surface area contributed by atoms with Crippen molar-refractivity contribution in [3.05, 3.63) is 71.0 Å². The molecule has 0 heterocycles. The largest absolute Gasteiger partial charge is 0.309 e. The molecule has 0 amide bonds. The van der Waals surface area contributed by atoms with Crippen LogP contribution in [0.4, 0.5) is 13.2 Å². The van der Waals surface area contributed by atoms with Crippen molar-refractivity contribution in [2.75, 3.05) is 7.05 Å². The third-order valence-electron chi connectivity index (χ3n) is 2.78. The highest BCUT2D eigenvalue weighted by atomic mass is 19.1. The molecular formula is C14H12F3N. The molecule has 1 nitrogen and oxygen atoms in total. The monoisotopic (exact) mass is 251 g/mol. The summed E-state index contributed by atoms with van der Waals surface area (Å²) in [7, 11) is 1.60. The van der Waals surface area contributed by atoms with Crippen molar-refractivity contribution in [3.63, 3.8) is 0 Å². The van der Waals surface area contributed by atoms with Crippen LogP contribution in [0.3, 0.4) is 0 Å². The van der Waals surface area contributed by atoms with E-state index in [4.69, 9.17) is 0 Å². The first kappa shape index (κ1) is 12.6. The second-order valence-electron chi connectivity index (χ2n) is 3.91. The van der Waals surface area contributed by atoms with Gasteiger partial charge in [0.15, 0.2) is 0 Å². The van der Waals surface area contributed by atoms with Crippen LogP contribution >= 0.6 is 0 Å². The molecule has 2 rings (SSSR count). The van der Waals surface area contributed by atoms with Crippen molar-refractivity contribution in [3.8, 4) is 0 Å². The van der Waals surface area contributed by atoms with Crippen molar-refractivity contribution in [1.82, 2.24) is 5.32 Å². The average Bonchev–Trinajstić information content (AvgIpc) is 2.35. The second-order valence-corrected chi connectivity index (χ2v) is 3.91. The molecule has 0 aromatic heterocycles. The van der Waals surface area contributed by atoms with Crippen molar-refractivity contribution in [1.29, 1.82) is 0 Å². The highest BCUT2D eigenvalue weighted by Crippen LogP contribution is 2.26. The van der Waals surface area contributed by atoms with E-state index in [1.165, 1.54) is 42.5 Å². The molecule has 94 valence electrons. The summed E-state index contributed by atoms with van der Waals surface area (Å²) in [6.45, 7) is 0. The van der Waals surface area contributed by atoms with E-state index in [1.54, 1.807) is 7.05 Å². The Bertz CT molecular complexity index is 517. The molecule has 4 heteroatoms. The number of hydrogen-bond donors (Lipinski definition) is 1. The molecule has 2 aromatic rings. The topological polar surface area (TPSA) is 12.0 Å². The van der Waals surface area contributed by atoms with Crippen molar-refractivity contribution in [2.24, 2.45) is 0 Å². The maximum Gasteiger partial charge on any atom is 0.131 e. The summed E-state index contributed by atoms with van der Waals surface area (Å²) in [5.41, 5.74) is 0.537. The van der Waals surface area contributed by atoms with Gasteiger partial charge in [-0.3, -0.25) is 0 Å². The summed E-state index contributed by atoms with van der Waals surface area (Å²) in [6, 6.07) is 8.60. The smallest absolute Gasteiger partial charge is 0.131 e. The summed E-state index contributed by atoms with van der Waals surface area (Å²) < 4.78 is 40.2. The molecule has 0 aliphatic rings. The Kier molecular flexibility index (Phi) is 3.67. The Balaban J connectivity index is 2.48. The molecule has 1 atom stereocenters. The highest BCUT2D eigenvalue weighted by Gasteiger charge is 2.20. The van der Waals surface area contributed by atoms with E-state index in [0.29, 0.717) is 5.56 Å². The van der Waals surface area contributed by atoms with Gasteiger partial charge in [0, 0.05) is 5.56 Å². The summed E-state index contributed by atoms with van der Waals surface area (Å²) in [4.78, 5) is 0. The lowest BCUT2D eigenvalue weighted by molar-refractivity contribution is 0.521. The molecule has 0 fully saturated rings. The fourth-order valence-corrected chi connectivity index (χ4v) is 1.92. The van der Waals surface area contributed by atoms with Crippen LogP contribution in [0.15, 0.2) is 42.5 Å². The zero-order valence-corrected chi connectivity index (χ0v) is 9.75. The van der Waals surface area contributed by atoms with Gasteiger partial charge < -0.3 is 5.32 Å². The first-order valence-corrected chi connectivity index (χ1v) is 5.50. The Morgan fingerprint density at radius 3 is 1.94 bits per heavy atom. The average molecular weight is 251 g/mol. The molecule has 1 N–H and O–H groups in total. The van der Waals surface area contributed by atoms with Crippen LogP contribution in [0, 0.1) is 17.5 Å². The van der Waals surface area contributed by atoms with E-state index >= 15 is 0 Å². The lowest BCUT2D eigenvalue weighted by Gasteiger charge is -2.18. The van der Waals surface area contributed by atoms with Crippen LogP contribution in [-0.4, -0.2) is 7.05 Å². The van der Waals surface area contributed by atoms with E-state index in [1.807, 2.05) is 0 Å². The summed E-state index contributed by atoms with van der Waals surface area (Å²) >= 11 is 0. The number of hydrogen-bond acceptors (Lipinski definition) is 1. The van der Waals surface area contributed by atoms with Crippen molar-refractivity contribution >= 4 is 0 Å². The zero-order valence-electron chi connectivity index (χ0n) is 9.75. The number of halogens is 3. The van der Waals surface area contributed by atoms with Crippen molar-refractivity contribution in [2.45, 2.75) is 6.04 Å². The summed E-state index contributed by atoms with van der Waals surface area (Å²) in [5, 5.41) is 2.83. The van der Waals surface area contributed by atoms with Gasteiger partial charge in [-0.2, -0.15) is 0 Å². The van der Waals surface area contributed by atoms with Gasteiger partial charge in [-0.1, -0.05) is 18.2 Å². The predicted octanol–water partition coefficient (Wildman–Crippen LogP) is 3.41. The summed E-state index contributed by atoms with van der Waals surface area (Å²) in [6.07, 6.45) is 0. The first-order chi connectivity index (χ1) is 8.63. The van der Waals surface area contributed by atoms with Gasteiger partial charge in [0.2, 0.25) is 0 Å². The summed E-state index contributed by atoms with van der Waals surface area (Å²) in [5.74, 6) is -1.64. The van der Waals surface area contributed by atoms with Crippen LogP contribution in [0.2, 0.25) is 0 Å². The second kappa shape index (κ2) is 5.23. The van der Waals surface area contributed by atoms with Gasteiger partial charge in [0.05, 0.1) is 6.04 Å². The van der Waals surface area contributed by atoms with Crippen LogP contribution in [-0.2, 0) is 0 Å². The fourth-order valence-electron chi connectivity index (χ4n) is 1.92. The Labute approximate surface area is 103 Å². The number of rotatable bonds is 3. The lowest BCUT2D eigenvalue weighted by Crippen LogP contribution is -2.20. The highest BCUT2D eigenvalue weighted by molar-refractivity contribution is 5.33. The molecule has 0 saturated carbocycles. The molecule has 0 bridgehead atoms. The predicted molar refractivity (Wildman–Crippen MR) is 63.7 cm³/mol. The molecule has 1 unspecified atom stereocenters. The quantitative estimate of drug-likeness (QED) is 0.881. The van der Waals surface area contributed by atoms with E-state index in [2.05, 4.69) is 5.32 Å². The van der Waals surface area contributed by atoms with Gasteiger partial charge in [0.1, 0.15) is 17.5 Å². The van der Waals surface area contributed by atoms with Gasteiger partial charge >= 0.3 is 0 Å². The number of benzene rings is 2. The van der Waals surface area contributed by atoms with E-state index in [9.17, 15) is 13.2 Å². The third kappa shape index (κ3) is 2.38. The van der Waals surface area contributed by atoms with Crippen LogP contribution in [0.1, 0.15) is 17.2 Å². The van der Waals surface area contributed by atoms with Crippen LogP contribution in [0.5, 0.6) is 0 Å². The zero-order chi connectivity index (χ0) is 13.1. The Morgan fingerprint density at radius 2 is 1.44 bits per heavy atom. The van der Waals surface area contributed by atoms with E-state index in [0.717, 1.165) is 0 Å². The molecule has 2 aromatic carbocycles. The molecule has 0 spiro atoms.